The molecule has 0 saturated carbocycles. The number of carbonyl (C=O) groups is 1. The molecule has 0 saturated heterocycles. The maximum absolute atomic E-state index is 13.9. The number of hydrogen-bond acceptors (Lipinski definition) is 3. The van der Waals surface area contributed by atoms with E-state index in [9.17, 15) is 9.18 Å². The van der Waals surface area contributed by atoms with E-state index in [1.807, 2.05) is 31.2 Å². The zero-order valence-corrected chi connectivity index (χ0v) is 17.0. The molecule has 2 aromatic carbocycles. The van der Waals surface area contributed by atoms with Gasteiger partial charge in [0.1, 0.15) is 11.6 Å². The zero-order chi connectivity index (χ0) is 19.1. The molecule has 1 N–H and O–H groups in total. The molecule has 2 aromatic heterocycles. The maximum atomic E-state index is 13.9. The Hall–Kier alpha value is -2.51. The van der Waals surface area contributed by atoms with Gasteiger partial charge in [-0.3, -0.25) is 9.48 Å². The molecule has 1 amide bonds. The average Bonchev–Trinajstić information content (AvgIpc) is 3.19. The fourth-order valence-corrected chi connectivity index (χ4v) is 4.30. The van der Waals surface area contributed by atoms with E-state index in [1.54, 1.807) is 29.9 Å². The van der Waals surface area contributed by atoms with Crippen LogP contribution >= 0.6 is 27.3 Å². The van der Waals surface area contributed by atoms with E-state index < -0.39 is 0 Å². The summed E-state index contributed by atoms with van der Waals surface area (Å²) in [6.07, 6.45) is 0. The van der Waals surface area contributed by atoms with Gasteiger partial charge in [-0.1, -0.05) is 34.1 Å². The number of halogens is 2. The number of nitrogens with one attached hydrogen (secondary N) is 1. The van der Waals surface area contributed by atoms with Crippen molar-refractivity contribution < 1.29 is 9.18 Å². The fraction of sp³-hybridized carbons (Fsp3) is 0.100. The third kappa shape index (κ3) is 3.28. The molecular formula is C20H15BrFN3OS. The molecule has 136 valence electrons. The molecule has 4 aromatic rings. The van der Waals surface area contributed by atoms with E-state index in [0.29, 0.717) is 16.1 Å². The molecule has 0 unspecified atom stereocenters. The molecule has 4 rings (SSSR count). The Morgan fingerprint density at radius 3 is 2.67 bits per heavy atom. The number of amides is 1. The molecule has 0 aliphatic heterocycles. The summed E-state index contributed by atoms with van der Waals surface area (Å²) in [6.45, 7) is 1.90. The Bertz CT molecular complexity index is 1160. The minimum absolute atomic E-state index is 0.281. The Morgan fingerprint density at radius 2 is 1.96 bits per heavy atom. The summed E-state index contributed by atoms with van der Waals surface area (Å²) in [5.74, 6) is 0.00411. The Morgan fingerprint density at radius 1 is 1.22 bits per heavy atom. The lowest BCUT2D eigenvalue weighted by atomic mass is 10.1. The lowest BCUT2D eigenvalue weighted by Gasteiger charge is -2.08. The number of aryl methyl sites for hydroxylation is 2. The highest BCUT2D eigenvalue weighted by Gasteiger charge is 2.19. The maximum Gasteiger partial charge on any atom is 0.266 e. The van der Waals surface area contributed by atoms with Crippen molar-refractivity contribution in [3.8, 4) is 11.1 Å². The molecule has 27 heavy (non-hydrogen) atoms. The molecule has 0 fully saturated rings. The number of rotatable bonds is 3. The number of anilines is 1. The van der Waals surface area contributed by atoms with E-state index in [0.717, 1.165) is 26.0 Å². The van der Waals surface area contributed by atoms with Crippen LogP contribution in [0.1, 0.15) is 15.4 Å². The highest BCUT2D eigenvalue weighted by molar-refractivity contribution is 9.10. The first-order valence-electron chi connectivity index (χ1n) is 8.23. The second-order valence-corrected chi connectivity index (χ2v) is 8.16. The summed E-state index contributed by atoms with van der Waals surface area (Å²) in [5.41, 5.74) is 2.64. The fourth-order valence-electron chi connectivity index (χ4n) is 3.07. The summed E-state index contributed by atoms with van der Waals surface area (Å²) >= 11 is 4.70. The van der Waals surface area contributed by atoms with Gasteiger partial charge in [-0.25, -0.2) is 4.39 Å². The quantitative estimate of drug-likeness (QED) is 0.437. The summed E-state index contributed by atoms with van der Waals surface area (Å²) in [6, 6.07) is 14.3. The van der Waals surface area contributed by atoms with Gasteiger partial charge < -0.3 is 5.32 Å². The van der Waals surface area contributed by atoms with Crippen molar-refractivity contribution >= 4 is 49.1 Å². The lowest BCUT2D eigenvalue weighted by molar-refractivity contribution is 0.102. The average molecular weight is 444 g/mol. The van der Waals surface area contributed by atoms with Crippen LogP contribution in [0.15, 0.2) is 53.0 Å². The SMILES string of the molecule is Cc1nn(C)c(NC(=O)c2cc3c(F)cccc3s2)c1-c1ccc(Br)cc1. The first kappa shape index (κ1) is 17.9. The van der Waals surface area contributed by atoms with Crippen molar-refractivity contribution in [2.45, 2.75) is 6.92 Å². The lowest BCUT2D eigenvalue weighted by Crippen LogP contribution is -2.14. The predicted octanol–water partition coefficient (Wildman–Crippen LogP) is 5.76. The minimum Gasteiger partial charge on any atom is -0.306 e. The minimum atomic E-state index is -0.324. The second-order valence-electron chi connectivity index (χ2n) is 6.16. The molecule has 0 spiro atoms. The summed E-state index contributed by atoms with van der Waals surface area (Å²) in [7, 11) is 1.79. The van der Waals surface area contributed by atoms with Crippen molar-refractivity contribution in [2.75, 3.05) is 5.32 Å². The van der Waals surface area contributed by atoms with Crippen LogP contribution < -0.4 is 5.32 Å². The smallest absolute Gasteiger partial charge is 0.266 e. The summed E-state index contributed by atoms with van der Waals surface area (Å²) in [4.78, 5) is 13.3. The van der Waals surface area contributed by atoms with Crippen LogP contribution in [0.4, 0.5) is 10.2 Å². The van der Waals surface area contributed by atoms with Gasteiger partial charge in [0.2, 0.25) is 0 Å². The largest absolute Gasteiger partial charge is 0.306 e. The predicted molar refractivity (Wildman–Crippen MR) is 111 cm³/mol. The zero-order valence-electron chi connectivity index (χ0n) is 14.6. The van der Waals surface area contributed by atoms with E-state index in [-0.39, 0.29) is 11.7 Å². The molecule has 0 aliphatic carbocycles. The third-order valence-electron chi connectivity index (χ3n) is 4.32. The van der Waals surface area contributed by atoms with Crippen molar-refractivity contribution in [2.24, 2.45) is 7.05 Å². The molecule has 0 aliphatic rings. The number of aromatic nitrogens is 2. The van der Waals surface area contributed by atoms with Crippen LogP contribution in [0, 0.1) is 12.7 Å². The van der Waals surface area contributed by atoms with Gasteiger partial charge in [-0.15, -0.1) is 11.3 Å². The van der Waals surface area contributed by atoms with Gasteiger partial charge in [0.05, 0.1) is 10.6 Å². The Kier molecular flexibility index (Phi) is 4.57. The Balaban J connectivity index is 1.72. The van der Waals surface area contributed by atoms with E-state index in [1.165, 1.54) is 17.4 Å². The molecule has 0 radical (unpaired) electrons. The molecule has 4 nitrogen and oxygen atoms in total. The van der Waals surface area contributed by atoms with Crippen molar-refractivity contribution in [3.05, 3.63) is 69.4 Å². The van der Waals surface area contributed by atoms with Gasteiger partial charge in [0.15, 0.2) is 0 Å². The first-order chi connectivity index (χ1) is 12.9. The number of hydrogen-bond donors (Lipinski definition) is 1. The van der Waals surface area contributed by atoms with Crippen LogP contribution in [0.3, 0.4) is 0 Å². The Labute approximate surface area is 167 Å². The standard InChI is InChI=1S/C20H15BrFN3OS/c1-11-18(12-6-8-13(21)9-7-12)19(25(2)24-11)23-20(26)17-10-14-15(22)4-3-5-16(14)27-17/h3-10H,1-2H3,(H,23,26). The van der Waals surface area contributed by atoms with Crippen molar-refractivity contribution in [1.29, 1.82) is 0 Å². The normalized spacial score (nSPS) is 11.1. The highest BCUT2D eigenvalue weighted by Crippen LogP contribution is 2.33. The number of carbonyl (C=O) groups excluding carboxylic acids is 1. The monoisotopic (exact) mass is 443 g/mol. The van der Waals surface area contributed by atoms with E-state index in [2.05, 4.69) is 26.3 Å². The van der Waals surface area contributed by atoms with Crippen LogP contribution in [-0.4, -0.2) is 15.7 Å². The molecular weight excluding hydrogens is 429 g/mol. The van der Waals surface area contributed by atoms with E-state index >= 15 is 0 Å². The van der Waals surface area contributed by atoms with Gasteiger partial charge in [-0.2, -0.15) is 5.10 Å². The van der Waals surface area contributed by atoms with Crippen LogP contribution in [0.5, 0.6) is 0 Å². The van der Waals surface area contributed by atoms with Crippen LogP contribution in [-0.2, 0) is 7.05 Å². The summed E-state index contributed by atoms with van der Waals surface area (Å²) in [5, 5.41) is 7.85. The molecule has 0 atom stereocenters. The van der Waals surface area contributed by atoms with Gasteiger partial charge >= 0.3 is 0 Å². The number of fused-ring (bicyclic) bond motifs is 1. The number of benzene rings is 2. The van der Waals surface area contributed by atoms with Gasteiger partial charge in [0, 0.05) is 27.2 Å². The number of nitrogens with zero attached hydrogens (tertiary/aromatic N) is 2. The first-order valence-corrected chi connectivity index (χ1v) is 9.84. The van der Waals surface area contributed by atoms with Crippen molar-refractivity contribution in [1.82, 2.24) is 9.78 Å². The molecule has 0 bridgehead atoms. The topological polar surface area (TPSA) is 46.9 Å². The van der Waals surface area contributed by atoms with Crippen LogP contribution in [0.25, 0.3) is 21.2 Å². The third-order valence-corrected chi connectivity index (χ3v) is 5.95. The van der Waals surface area contributed by atoms with Gasteiger partial charge in [0.25, 0.3) is 5.91 Å². The van der Waals surface area contributed by atoms with E-state index in [4.69, 9.17) is 0 Å². The molecule has 2 heterocycles. The number of thiophene rings is 1. The van der Waals surface area contributed by atoms with Gasteiger partial charge in [-0.05, 0) is 42.8 Å². The van der Waals surface area contributed by atoms with Crippen molar-refractivity contribution in [3.63, 3.8) is 0 Å². The highest BCUT2D eigenvalue weighted by atomic mass is 79.9. The van der Waals surface area contributed by atoms with Crippen LogP contribution in [0.2, 0.25) is 0 Å². The summed E-state index contributed by atoms with van der Waals surface area (Å²) < 4.78 is 17.3. The molecule has 7 heteroatoms. The second kappa shape index (κ2) is 6.90.